The normalized spacial score (nSPS) is 46.5. The predicted molar refractivity (Wildman–Crippen MR) is 68.5 cm³/mol. The SMILES string of the molecule is C=C(C)[C@@H]1CC[C@@H](C)[C@@]2(O)CC[C@@H](C)C(=O)[C@@H]12. The van der Waals surface area contributed by atoms with Gasteiger partial charge in [-0.15, -0.1) is 0 Å². The number of allylic oxidation sites excluding steroid dienone is 1. The van der Waals surface area contributed by atoms with Crippen molar-refractivity contribution in [3.63, 3.8) is 0 Å². The Morgan fingerprint density at radius 3 is 2.59 bits per heavy atom. The van der Waals surface area contributed by atoms with Crippen LogP contribution >= 0.6 is 0 Å². The quantitative estimate of drug-likeness (QED) is 0.711. The topological polar surface area (TPSA) is 37.3 Å². The van der Waals surface area contributed by atoms with Crippen LogP contribution < -0.4 is 0 Å². The van der Waals surface area contributed by atoms with Gasteiger partial charge < -0.3 is 5.11 Å². The molecule has 0 aromatic rings. The summed E-state index contributed by atoms with van der Waals surface area (Å²) in [7, 11) is 0. The fraction of sp³-hybridized carbons (Fsp3) is 0.800. The van der Waals surface area contributed by atoms with Gasteiger partial charge in [-0.1, -0.05) is 26.0 Å². The van der Waals surface area contributed by atoms with Gasteiger partial charge in [0, 0.05) is 5.92 Å². The van der Waals surface area contributed by atoms with Crippen LogP contribution in [0.4, 0.5) is 0 Å². The Hall–Kier alpha value is -0.630. The van der Waals surface area contributed by atoms with Crippen molar-refractivity contribution >= 4 is 5.78 Å². The lowest BCUT2D eigenvalue weighted by Crippen LogP contribution is -2.58. The summed E-state index contributed by atoms with van der Waals surface area (Å²) >= 11 is 0. The Kier molecular flexibility index (Phi) is 3.19. The van der Waals surface area contributed by atoms with E-state index < -0.39 is 5.60 Å². The lowest BCUT2D eigenvalue weighted by molar-refractivity contribution is -0.164. The molecule has 0 unspecified atom stereocenters. The molecule has 0 aromatic carbocycles. The fourth-order valence-electron chi connectivity index (χ4n) is 3.78. The molecule has 0 aromatic heterocycles. The zero-order valence-corrected chi connectivity index (χ0v) is 11.2. The van der Waals surface area contributed by atoms with Crippen molar-refractivity contribution in [2.45, 2.75) is 52.1 Å². The van der Waals surface area contributed by atoms with Gasteiger partial charge in [-0.3, -0.25) is 4.79 Å². The monoisotopic (exact) mass is 236 g/mol. The highest BCUT2D eigenvalue weighted by atomic mass is 16.3. The van der Waals surface area contributed by atoms with Crippen LogP contribution in [0, 0.1) is 23.7 Å². The molecule has 0 amide bonds. The molecule has 2 heteroatoms. The molecule has 96 valence electrons. The van der Waals surface area contributed by atoms with E-state index in [-0.39, 0.29) is 29.5 Å². The lowest BCUT2D eigenvalue weighted by Gasteiger charge is -2.52. The maximum absolute atomic E-state index is 12.4. The molecule has 0 radical (unpaired) electrons. The summed E-state index contributed by atoms with van der Waals surface area (Å²) in [5.74, 6) is 0.587. The average Bonchev–Trinajstić information content (AvgIpc) is 2.26. The summed E-state index contributed by atoms with van der Waals surface area (Å²) in [5, 5.41) is 10.9. The second-order valence-electron chi connectivity index (χ2n) is 6.24. The lowest BCUT2D eigenvalue weighted by atomic mass is 9.55. The molecule has 2 saturated carbocycles. The molecule has 17 heavy (non-hydrogen) atoms. The number of hydrogen-bond acceptors (Lipinski definition) is 2. The van der Waals surface area contributed by atoms with Crippen LogP contribution in [0.1, 0.15) is 46.5 Å². The highest BCUT2D eigenvalue weighted by molar-refractivity contribution is 5.86. The summed E-state index contributed by atoms with van der Waals surface area (Å²) in [4.78, 5) is 12.4. The third-order valence-electron chi connectivity index (χ3n) is 5.11. The van der Waals surface area contributed by atoms with E-state index in [0.717, 1.165) is 31.3 Å². The Morgan fingerprint density at radius 1 is 1.35 bits per heavy atom. The number of Topliss-reactive ketones (excluding diaryl/α,β-unsaturated/α-hetero) is 1. The Balaban J connectivity index is 2.38. The zero-order valence-electron chi connectivity index (χ0n) is 11.2. The van der Waals surface area contributed by atoms with E-state index >= 15 is 0 Å². The molecule has 1 N–H and O–H groups in total. The van der Waals surface area contributed by atoms with Gasteiger partial charge in [0.2, 0.25) is 0 Å². The molecule has 2 aliphatic carbocycles. The summed E-state index contributed by atoms with van der Waals surface area (Å²) in [5.41, 5.74) is 0.286. The van der Waals surface area contributed by atoms with Gasteiger partial charge >= 0.3 is 0 Å². The molecule has 5 atom stereocenters. The minimum absolute atomic E-state index is 0.104. The van der Waals surface area contributed by atoms with E-state index in [1.807, 2.05) is 13.8 Å². The fourth-order valence-corrected chi connectivity index (χ4v) is 3.78. The maximum Gasteiger partial charge on any atom is 0.142 e. The third kappa shape index (κ3) is 1.87. The smallest absolute Gasteiger partial charge is 0.142 e. The van der Waals surface area contributed by atoms with Crippen LogP contribution in [0.2, 0.25) is 0 Å². The highest BCUT2D eigenvalue weighted by Gasteiger charge is 2.55. The van der Waals surface area contributed by atoms with Crippen LogP contribution in [0.3, 0.4) is 0 Å². The summed E-state index contributed by atoms with van der Waals surface area (Å²) < 4.78 is 0. The molecule has 2 fully saturated rings. The minimum Gasteiger partial charge on any atom is -0.389 e. The van der Waals surface area contributed by atoms with Crippen LogP contribution in [0.15, 0.2) is 12.2 Å². The van der Waals surface area contributed by atoms with Crippen LogP contribution in [0.25, 0.3) is 0 Å². The standard InChI is InChI=1S/C15H24O2/c1-9(2)12-6-5-11(4)15(17)8-7-10(3)14(16)13(12)15/h10-13,17H,1,5-8H2,2-4H3/t10-,11-,12+,13-,15+/m1/s1. The van der Waals surface area contributed by atoms with Crippen LogP contribution in [-0.2, 0) is 4.79 Å². The molecule has 0 saturated heterocycles. The first kappa shape index (κ1) is 12.8. The van der Waals surface area contributed by atoms with Gasteiger partial charge in [-0.25, -0.2) is 0 Å². The van der Waals surface area contributed by atoms with Gasteiger partial charge in [0.05, 0.1) is 11.5 Å². The molecule has 0 spiro atoms. The predicted octanol–water partition coefficient (Wildman–Crippen LogP) is 2.95. The van der Waals surface area contributed by atoms with Gasteiger partial charge in [0.15, 0.2) is 0 Å². The van der Waals surface area contributed by atoms with Gasteiger partial charge in [-0.05, 0) is 44.4 Å². The molecule has 2 aliphatic rings. The van der Waals surface area contributed by atoms with Crippen molar-refractivity contribution in [3.8, 4) is 0 Å². The highest BCUT2D eigenvalue weighted by Crippen LogP contribution is 2.50. The second-order valence-corrected chi connectivity index (χ2v) is 6.24. The average molecular weight is 236 g/mol. The molecule has 0 heterocycles. The molecule has 0 aliphatic heterocycles. The van der Waals surface area contributed by atoms with E-state index in [9.17, 15) is 9.90 Å². The van der Waals surface area contributed by atoms with E-state index in [1.54, 1.807) is 0 Å². The maximum atomic E-state index is 12.4. The molecular formula is C15H24O2. The first-order valence-electron chi connectivity index (χ1n) is 6.79. The first-order chi connectivity index (χ1) is 7.88. The van der Waals surface area contributed by atoms with Crippen molar-refractivity contribution in [3.05, 3.63) is 12.2 Å². The van der Waals surface area contributed by atoms with Crippen LogP contribution in [-0.4, -0.2) is 16.5 Å². The number of aliphatic hydroxyl groups is 1. The van der Waals surface area contributed by atoms with Crippen molar-refractivity contribution in [2.24, 2.45) is 23.7 Å². The molecule has 2 nitrogen and oxygen atoms in total. The third-order valence-corrected chi connectivity index (χ3v) is 5.11. The second kappa shape index (κ2) is 4.24. The summed E-state index contributed by atoms with van der Waals surface area (Å²) in [6.07, 6.45) is 3.61. The van der Waals surface area contributed by atoms with Gasteiger partial charge in [0.1, 0.15) is 5.78 Å². The number of rotatable bonds is 1. The Morgan fingerprint density at radius 2 is 2.00 bits per heavy atom. The molecular weight excluding hydrogens is 212 g/mol. The Bertz CT molecular complexity index is 347. The molecule has 0 bridgehead atoms. The molecule has 2 rings (SSSR count). The van der Waals surface area contributed by atoms with Gasteiger partial charge in [0.25, 0.3) is 0 Å². The van der Waals surface area contributed by atoms with Crippen LogP contribution in [0.5, 0.6) is 0 Å². The van der Waals surface area contributed by atoms with Crippen molar-refractivity contribution in [1.29, 1.82) is 0 Å². The summed E-state index contributed by atoms with van der Waals surface area (Å²) in [6, 6.07) is 0. The number of carbonyl (C=O) groups is 1. The number of carbonyl (C=O) groups excluding carboxylic acids is 1. The van der Waals surface area contributed by atoms with E-state index in [0.29, 0.717) is 0 Å². The largest absolute Gasteiger partial charge is 0.389 e. The minimum atomic E-state index is -0.772. The number of ketones is 1. The van der Waals surface area contributed by atoms with Crippen molar-refractivity contribution in [1.82, 2.24) is 0 Å². The summed E-state index contributed by atoms with van der Waals surface area (Å²) in [6.45, 7) is 10.1. The zero-order chi connectivity index (χ0) is 12.8. The van der Waals surface area contributed by atoms with E-state index in [2.05, 4.69) is 13.5 Å². The first-order valence-corrected chi connectivity index (χ1v) is 6.79. The Labute approximate surface area is 104 Å². The van der Waals surface area contributed by atoms with Crippen molar-refractivity contribution in [2.75, 3.05) is 0 Å². The number of hydrogen-bond donors (Lipinski definition) is 1. The van der Waals surface area contributed by atoms with Crippen molar-refractivity contribution < 1.29 is 9.90 Å². The van der Waals surface area contributed by atoms with E-state index in [1.165, 1.54) is 0 Å². The number of fused-ring (bicyclic) bond motifs is 1. The van der Waals surface area contributed by atoms with Gasteiger partial charge in [-0.2, -0.15) is 0 Å². The van der Waals surface area contributed by atoms with E-state index in [4.69, 9.17) is 0 Å².